The second-order valence-corrected chi connectivity index (χ2v) is 5.94. The molecule has 1 radical (unpaired) electrons. The fourth-order valence-corrected chi connectivity index (χ4v) is 1.58. The maximum atomic E-state index is 10.0. The molecule has 129 valence electrons. The third kappa shape index (κ3) is 26.3. The summed E-state index contributed by atoms with van der Waals surface area (Å²) in [6, 6.07) is 0. The third-order valence-corrected chi connectivity index (χ3v) is 2.89. The summed E-state index contributed by atoms with van der Waals surface area (Å²) >= 11 is 0. The molecule has 0 aromatic heterocycles. The van der Waals surface area contributed by atoms with E-state index in [0.29, 0.717) is 0 Å². The van der Waals surface area contributed by atoms with E-state index < -0.39 is 0 Å². The van der Waals surface area contributed by atoms with Crippen LogP contribution in [0, 0.1) is 0 Å². The van der Waals surface area contributed by atoms with Crippen LogP contribution in [0.15, 0.2) is 46.6 Å². The molecule has 0 heterocycles. The van der Waals surface area contributed by atoms with Gasteiger partial charge in [0, 0.05) is 22.4 Å². The van der Waals surface area contributed by atoms with Crippen molar-refractivity contribution in [3.8, 4) is 0 Å². The molecule has 0 unspecified atom stereocenters. The summed E-state index contributed by atoms with van der Waals surface area (Å²) in [5.74, 6) is 0. The molecular formula is C20H32NbO2. The maximum Gasteiger partial charge on any atom is 0.142 e. The monoisotopic (exact) mass is 397 g/mol. The molecule has 0 amide bonds. The first kappa shape index (κ1) is 26.9. The quantitative estimate of drug-likeness (QED) is 0.226. The summed E-state index contributed by atoms with van der Waals surface area (Å²) in [4.78, 5) is 20.0. The first-order valence-electron chi connectivity index (χ1n) is 7.82. The molecular weight excluding hydrogens is 365 g/mol. The summed E-state index contributed by atoms with van der Waals surface area (Å²) in [6.45, 7) is 12.3. The number of hydrogen-bond donors (Lipinski definition) is 0. The zero-order chi connectivity index (χ0) is 17.4. The number of allylic oxidation sites excluding steroid dienone is 8. The van der Waals surface area contributed by atoms with Crippen LogP contribution in [0.5, 0.6) is 0 Å². The van der Waals surface area contributed by atoms with Gasteiger partial charge in [0.1, 0.15) is 12.6 Å². The van der Waals surface area contributed by atoms with Crippen molar-refractivity contribution < 1.29 is 32.0 Å². The standard InChI is InChI=1S/2C10H16O.Nb/c2*1-9(2)5-4-6-10(3)7-8-11;/h2*5,7-8H,4,6H2,1-3H3;/b2*10-7-;. The van der Waals surface area contributed by atoms with E-state index in [0.717, 1.165) is 49.4 Å². The molecule has 0 atom stereocenters. The van der Waals surface area contributed by atoms with Gasteiger partial charge < -0.3 is 0 Å². The molecule has 0 saturated carbocycles. The van der Waals surface area contributed by atoms with E-state index in [1.165, 1.54) is 11.1 Å². The van der Waals surface area contributed by atoms with Crippen molar-refractivity contribution in [1.82, 2.24) is 0 Å². The van der Waals surface area contributed by atoms with Gasteiger partial charge >= 0.3 is 0 Å². The Kier molecular flexibility index (Phi) is 22.3. The molecule has 0 bridgehead atoms. The molecule has 0 spiro atoms. The van der Waals surface area contributed by atoms with Gasteiger partial charge in [0.25, 0.3) is 0 Å². The minimum Gasteiger partial charge on any atom is -0.299 e. The van der Waals surface area contributed by atoms with Crippen molar-refractivity contribution in [2.24, 2.45) is 0 Å². The minimum absolute atomic E-state index is 0. The Morgan fingerprint density at radius 1 is 0.652 bits per heavy atom. The molecule has 2 nitrogen and oxygen atoms in total. The maximum absolute atomic E-state index is 10.0. The van der Waals surface area contributed by atoms with Crippen molar-refractivity contribution in [3.63, 3.8) is 0 Å². The average molecular weight is 397 g/mol. The first-order valence-corrected chi connectivity index (χ1v) is 7.82. The van der Waals surface area contributed by atoms with E-state index >= 15 is 0 Å². The Morgan fingerprint density at radius 2 is 0.957 bits per heavy atom. The molecule has 0 aliphatic heterocycles. The molecule has 0 saturated heterocycles. The molecule has 0 N–H and O–H groups in total. The Hall–Kier alpha value is -0.960. The van der Waals surface area contributed by atoms with Crippen molar-refractivity contribution in [2.75, 3.05) is 0 Å². The number of hydrogen-bond acceptors (Lipinski definition) is 2. The topological polar surface area (TPSA) is 34.1 Å². The zero-order valence-corrected chi connectivity index (χ0v) is 17.8. The van der Waals surface area contributed by atoms with Crippen molar-refractivity contribution in [1.29, 1.82) is 0 Å². The van der Waals surface area contributed by atoms with Crippen LogP contribution in [0.4, 0.5) is 0 Å². The van der Waals surface area contributed by atoms with Gasteiger partial charge in [0.15, 0.2) is 0 Å². The van der Waals surface area contributed by atoms with E-state index in [4.69, 9.17) is 0 Å². The summed E-state index contributed by atoms with van der Waals surface area (Å²) in [5, 5.41) is 0. The van der Waals surface area contributed by atoms with E-state index in [9.17, 15) is 9.59 Å². The van der Waals surface area contributed by atoms with Gasteiger partial charge in [-0.2, -0.15) is 0 Å². The molecule has 0 aromatic carbocycles. The van der Waals surface area contributed by atoms with Crippen LogP contribution in [0.1, 0.15) is 67.2 Å². The van der Waals surface area contributed by atoms with Crippen LogP contribution in [0.3, 0.4) is 0 Å². The average Bonchev–Trinajstić information content (AvgIpc) is 2.39. The van der Waals surface area contributed by atoms with E-state index in [1.807, 2.05) is 13.8 Å². The molecule has 3 heteroatoms. The van der Waals surface area contributed by atoms with Gasteiger partial charge in [0.2, 0.25) is 0 Å². The number of carbonyl (C=O) groups excluding carboxylic acids is 2. The van der Waals surface area contributed by atoms with E-state index in [2.05, 4.69) is 39.8 Å². The Balaban J connectivity index is -0.000000333. The summed E-state index contributed by atoms with van der Waals surface area (Å²) < 4.78 is 0. The predicted octanol–water partition coefficient (Wildman–Crippen LogP) is 5.75. The third-order valence-electron chi connectivity index (χ3n) is 2.89. The predicted molar refractivity (Wildman–Crippen MR) is 97.0 cm³/mol. The van der Waals surface area contributed by atoms with Crippen molar-refractivity contribution >= 4 is 12.6 Å². The van der Waals surface area contributed by atoms with Crippen LogP contribution in [0.2, 0.25) is 0 Å². The summed E-state index contributed by atoms with van der Waals surface area (Å²) in [7, 11) is 0. The van der Waals surface area contributed by atoms with Gasteiger partial charge in [0.05, 0.1) is 0 Å². The molecule has 0 fully saturated rings. The van der Waals surface area contributed by atoms with Crippen molar-refractivity contribution in [3.05, 3.63) is 46.6 Å². The van der Waals surface area contributed by atoms with Gasteiger partial charge in [-0.15, -0.1) is 0 Å². The van der Waals surface area contributed by atoms with Gasteiger partial charge in [-0.3, -0.25) is 9.59 Å². The number of rotatable bonds is 8. The Bertz CT molecular complexity index is 391. The second kappa shape index (κ2) is 19.1. The molecule has 0 rings (SSSR count). The zero-order valence-electron chi connectivity index (χ0n) is 15.6. The normalized spacial score (nSPS) is 10.5. The molecule has 0 aromatic rings. The Morgan fingerprint density at radius 3 is 1.17 bits per heavy atom. The SMILES string of the molecule is CC(C)=CCC/C(C)=C\C=O.CC(C)=CCC/C(C)=C\C=O.[Nb]. The van der Waals surface area contributed by atoms with Crippen molar-refractivity contribution in [2.45, 2.75) is 67.2 Å². The Labute approximate surface area is 158 Å². The van der Waals surface area contributed by atoms with Crippen LogP contribution in [0.25, 0.3) is 0 Å². The molecule has 23 heavy (non-hydrogen) atoms. The largest absolute Gasteiger partial charge is 0.299 e. The van der Waals surface area contributed by atoms with Gasteiger partial charge in [-0.05, 0) is 79.4 Å². The fourth-order valence-electron chi connectivity index (χ4n) is 1.58. The number of carbonyl (C=O) groups is 2. The molecule has 0 aliphatic carbocycles. The van der Waals surface area contributed by atoms with E-state index in [1.54, 1.807) is 12.2 Å². The fraction of sp³-hybridized carbons (Fsp3) is 0.500. The van der Waals surface area contributed by atoms with Crippen LogP contribution in [-0.2, 0) is 32.0 Å². The van der Waals surface area contributed by atoms with Crippen LogP contribution < -0.4 is 0 Å². The smallest absolute Gasteiger partial charge is 0.142 e. The van der Waals surface area contributed by atoms with Crippen LogP contribution in [-0.4, -0.2) is 12.6 Å². The second-order valence-electron chi connectivity index (χ2n) is 5.94. The molecule has 0 aliphatic rings. The minimum atomic E-state index is 0. The van der Waals surface area contributed by atoms with E-state index in [-0.39, 0.29) is 22.4 Å². The first-order chi connectivity index (χ1) is 10.3. The van der Waals surface area contributed by atoms with Crippen LogP contribution >= 0.6 is 0 Å². The summed E-state index contributed by atoms with van der Waals surface area (Å²) in [5.41, 5.74) is 4.97. The van der Waals surface area contributed by atoms with Gasteiger partial charge in [-0.1, -0.05) is 34.4 Å². The van der Waals surface area contributed by atoms with Gasteiger partial charge in [-0.25, -0.2) is 0 Å². The summed E-state index contributed by atoms with van der Waals surface area (Å²) in [6.07, 6.45) is 13.4. The number of aldehydes is 2.